The minimum Gasteiger partial charge on any atom is -0.444 e. The number of aryl methyl sites for hydroxylation is 1. The predicted octanol–water partition coefficient (Wildman–Crippen LogP) is 2.42. The number of ether oxygens (including phenoxy) is 1. The summed E-state index contributed by atoms with van der Waals surface area (Å²) in [5.41, 5.74) is 0.777. The number of hydrogen-bond donors (Lipinski definition) is 2. The van der Waals surface area contributed by atoms with E-state index in [1.165, 1.54) is 5.56 Å². The lowest BCUT2D eigenvalue weighted by Crippen LogP contribution is -2.43. The molecule has 20 heavy (non-hydrogen) atoms. The van der Waals surface area contributed by atoms with Crippen LogP contribution in [0.1, 0.15) is 39.7 Å². The van der Waals surface area contributed by atoms with Gasteiger partial charge in [0.1, 0.15) is 5.60 Å². The molecule has 0 bridgehead atoms. The Morgan fingerprint density at radius 3 is 2.65 bits per heavy atom. The molecule has 0 aliphatic rings. The van der Waals surface area contributed by atoms with Crippen LogP contribution in [0.5, 0.6) is 0 Å². The fourth-order valence-corrected chi connectivity index (χ4v) is 1.83. The van der Waals surface area contributed by atoms with Crippen molar-refractivity contribution in [3.63, 3.8) is 0 Å². The normalized spacial score (nSPS) is 13.1. The SMILES string of the molecule is CCC(CNCc1ccn(C)c1)NC(=O)OC(C)(C)C. The number of carbonyl (C=O) groups excluding carboxylic acids is 1. The molecule has 0 aliphatic carbocycles. The smallest absolute Gasteiger partial charge is 0.407 e. The largest absolute Gasteiger partial charge is 0.444 e. The third kappa shape index (κ3) is 6.61. The molecule has 0 fully saturated rings. The van der Waals surface area contributed by atoms with E-state index in [2.05, 4.69) is 22.9 Å². The Hall–Kier alpha value is -1.49. The van der Waals surface area contributed by atoms with Gasteiger partial charge in [-0.2, -0.15) is 0 Å². The van der Waals surface area contributed by atoms with Gasteiger partial charge in [-0.25, -0.2) is 4.79 Å². The highest BCUT2D eigenvalue weighted by molar-refractivity contribution is 5.68. The Morgan fingerprint density at radius 1 is 1.45 bits per heavy atom. The molecule has 0 aromatic carbocycles. The molecule has 1 aromatic rings. The van der Waals surface area contributed by atoms with E-state index in [9.17, 15) is 4.79 Å². The number of nitrogens with one attached hydrogen (secondary N) is 2. The van der Waals surface area contributed by atoms with E-state index in [4.69, 9.17) is 4.74 Å². The summed E-state index contributed by atoms with van der Waals surface area (Å²) in [4.78, 5) is 11.7. The second-order valence-corrected chi connectivity index (χ2v) is 6.07. The van der Waals surface area contributed by atoms with Gasteiger partial charge in [-0.1, -0.05) is 6.92 Å². The molecule has 0 radical (unpaired) electrons. The van der Waals surface area contributed by atoms with Gasteiger partial charge in [-0.15, -0.1) is 0 Å². The zero-order valence-electron chi connectivity index (χ0n) is 13.2. The fourth-order valence-electron chi connectivity index (χ4n) is 1.83. The van der Waals surface area contributed by atoms with Crippen LogP contribution in [0.15, 0.2) is 18.5 Å². The molecule has 1 unspecified atom stereocenters. The second-order valence-electron chi connectivity index (χ2n) is 6.07. The minimum atomic E-state index is -0.458. The average Bonchev–Trinajstić information content (AvgIpc) is 2.71. The average molecular weight is 281 g/mol. The molecule has 1 atom stereocenters. The zero-order valence-corrected chi connectivity index (χ0v) is 13.2. The Balaban J connectivity index is 2.30. The van der Waals surface area contributed by atoms with Crippen LogP contribution in [0.2, 0.25) is 0 Å². The van der Waals surface area contributed by atoms with Crippen LogP contribution in [0.3, 0.4) is 0 Å². The van der Waals surface area contributed by atoms with E-state index in [0.29, 0.717) is 0 Å². The summed E-state index contributed by atoms with van der Waals surface area (Å²) in [5, 5.41) is 6.24. The van der Waals surface area contributed by atoms with E-state index < -0.39 is 5.60 Å². The van der Waals surface area contributed by atoms with Crippen LogP contribution in [-0.2, 0) is 18.3 Å². The van der Waals surface area contributed by atoms with Gasteiger partial charge >= 0.3 is 6.09 Å². The molecule has 2 N–H and O–H groups in total. The highest BCUT2D eigenvalue weighted by atomic mass is 16.6. The first kappa shape index (κ1) is 16.6. The van der Waals surface area contributed by atoms with Gasteiger partial charge < -0.3 is 19.9 Å². The van der Waals surface area contributed by atoms with Crippen molar-refractivity contribution >= 4 is 6.09 Å². The first-order chi connectivity index (χ1) is 9.30. The van der Waals surface area contributed by atoms with Crippen molar-refractivity contribution in [3.8, 4) is 0 Å². The Morgan fingerprint density at radius 2 is 2.15 bits per heavy atom. The van der Waals surface area contributed by atoms with Crippen LogP contribution in [-0.4, -0.2) is 28.8 Å². The van der Waals surface area contributed by atoms with Gasteiger partial charge in [0, 0.05) is 38.6 Å². The van der Waals surface area contributed by atoms with Crippen molar-refractivity contribution in [1.82, 2.24) is 15.2 Å². The predicted molar refractivity (Wildman–Crippen MR) is 80.6 cm³/mol. The van der Waals surface area contributed by atoms with Crippen molar-refractivity contribution in [3.05, 3.63) is 24.0 Å². The number of aromatic nitrogens is 1. The van der Waals surface area contributed by atoms with Gasteiger partial charge in [-0.3, -0.25) is 0 Å². The van der Waals surface area contributed by atoms with Crippen LogP contribution in [0, 0.1) is 0 Å². The lowest BCUT2D eigenvalue weighted by atomic mass is 10.2. The van der Waals surface area contributed by atoms with Gasteiger partial charge in [-0.05, 0) is 38.8 Å². The van der Waals surface area contributed by atoms with E-state index in [0.717, 1.165) is 19.5 Å². The molecule has 114 valence electrons. The van der Waals surface area contributed by atoms with Gasteiger partial charge in [0.15, 0.2) is 0 Å². The summed E-state index contributed by atoms with van der Waals surface area (Å²) >= 11 is 0. The van der Waals surface area contributed by atoms with Crippen LogP contribution in [0.25, 0.3) is 0 Å². The fraction of sp³-hybridized carbons (Fsp3) is 0.667. The van der Waals surface area contributed by atoms with Gasteiger partial charge in [0.05, 0.1) is 0 Å². The molecule has 1 aromatic heterocycles. The lowest BCUT2D eigenvalue weighted by molar-refractivity contribution is 0.0502. The highest BCUT2D eigenvalue weighted by Gasteiger charge is 2.18. The first-order valence-corrected chi connectivity index (χ1v) is 7.11. The highest BCUT2D eigenvalue weighted by Crippen LogP contribution is 2.07. The van der Waals surface area contributed by atoms with Crippen LogP contribution >= 0.6 is 0 Å². The third-order valence-corrected chi connectivity index (χ3v) is 2.83. The van der Waals surface area contributed by atoms with Crippen molar-refractivity contribution in [1.29, 1.82) is 0 Å². The Labute approximate surface area is 121 Å². The molecule has 1 rings (SSSR count). The van der Waals surface area contributed by atoms with Gasteiger partial charge in [0.2, 0.25) is 0 Å². The summed E-state index contributed by atoms with van der Waals surface area (Å²) in [6, 6.07) is 2.16. The van der Waals surface area contributed by atoms with Crippen molar-refractivity contribution in [2.45, 2.75) is 52.3 Å². The number of hydrogen-bond acceptors (Lipinski definition) is 3. The minimum absolute atomic E-state index is 0.0774. The quantitative estimate of drug-likeness (QED) is 0.842. The molecule has 0 saturated carbocycles. The van der Waals surface area contributed by atoms with E-state index in [1.54, 1.807) is 0 Å². The number of alkyl carbamates (subject to hydrolysis) is 1. The van der Waals surface area contributed by atoms with Crippen molar-refractivity contribution < 1.29 is 9.53 Å². The topological polar surface area (TPSA) is 55.3 Å². The summed E-state index contributed by atoms with van der Waals surface area (Å²) in [7, 11) is 2.00. The zero-order chi connectivity index (χ0) is 15.2. The summed E-state index contributed by atoms with van der Waals surface area (Å²) in [5.74, 6) is 0. The summed E-state index contributed by atoms with van der Waals surface area (Å²) in [6.07, 6.45) is 4.61. The van der Waals surface area contributed by atoms with Crippen LogP contribution in [0.4, 0.5) is 4.79 Å². The number of amides is 1. The molecular formula is C15H27N3O2. The molecule has 1 heterocycles. The van der Waals surface area contributed by atoms with E-state index in [1.807, 2.05) is 45.5 Å². The number of carbonyl (C=O) groups is 1. The van der Waals surface area contributed by atoms with E-state index in [-0.39, 0.29) is 12.1 Å². The van der Waals surface area contributed by atoms with E-state index >= 15 is 0 Å². The van der Waals surface area contributed by atoms with Crippen molar-refractivity contribution in [2.24, 2.45) is 7.05 Å². The third-order valence-electron chi connectivity index (χ3n) is 2.83. The standard InChI is InChI=1S/C15H27N3O2/c1-6-13(17-14(19)20-15(2,3)4)10-16-9-12-7-8-18(5)11-12/h7-8,11,13,16H,6,9-10H2,1-5H3,(H,17,19). The summed E-state index contributed by atoms with van der Waals surface area (Å²) in [6.45, 7) is 9.16. The Kier molecular flexibility index (Phi) is 6.07. The molecule has 5 nitrogen and oxygen atoms in total. The molecule has 1 amide bonds. The molecule has 5 heteroatoms. The maximum absolute atomic E-state index is 11.7. The number of rotatable bonds is 6. The molecule has 0 saturated heterocycles. The second kappa shape index (κ2) is 7.33. The van der Waals surface area contributed by atoms with Gasteiger partial charge in [0.25, 0.3) is 0 Å². The number of nitrogens with zero attached hydrogens (tertiary/aromatic N) is 1. The van der Waals surface area contributed by atoms with Crippen molar-refractivity contribution in [2.75, 3.05) is 6.54 Å². The Bertz CT molecular complexity index is 421. The molecule has 0 aliphatic heterocycles. The summed E-state index contributed by atoms with van der Waals surface area (Å²) < 4.78 is 7.28. The monoisotopic (exact) mass is 281 g/mol. The maximum atomic E-state index is 11.7. The maximum Gasteiger partial charge on any atom is 0.407 e. The molecule has 0 spiro atoms. The molecular weight excluding hydrogens is 254 g/mol. The van der Waals surface area contributed by atoms with Crippen LogP contribution < -0.4 is 10.6 Å². The first-order valence-electron chi connectivity index (χ1n) is 7.11. The lowest BCUT2D eigenvalue weighted by Gasteiger charge is -2.23.